The molecule has 0 atom stereocenters. The second kappa shape index (κ2) is 10.4. The van der Waals surface area contributed by atoms with Crippen molar-refractivity contribution in [1.82, 2.24) is 4.98 Å². The number of azo groups is 2. The molecule has 8 heteroatoms. The predicted molar refractivity (Wildman–Crippen MR) is 139 cm³/mol. The summed E-state index contributed by atoms with van der Waals surface area (Å²) in [6, 6.07) is 28.6. The van der Waals surface area contributed by atoms with Crippen molar-refractivity contribution in [2.75, 3.05) is 0 Å². The van der Waals surface area contributed by atoms with Crippen LogP contribution in [0.3, 0.4) is 0 Å². The number of nitrogens with zero attached hydrogens (tertiary/aromatic N) is 7. The Morgan fingerprint density at radius 1 is 0.714 bits per heavy atom. The SMILES string of the molecule is N#Cc1ccc(C=Nc2ccc(N=Nc3ccc(N=Nc4nccs4)cc3)c3ccccc23)cc1. The van der Waals surface area contributed by atoms with Crippen molar-refractivity contribution >= 4 is 56.2 Å². The highest BCUT2D eigenvalue weighted by molar-refractivity contribution is 7.13. The van der Waals surface area contributed by atoms with E-state index in [1.807, 2.05) is 78.2 Å². The van der Waals surface area contributed by atoms with Crippen LogP contribution in [0.4, 0.5) is 27.9 Å². The molecule has 0 N–H and O–H groups in total. The molecule has 35 heavy (non-hydrogen) atoms. The van der Waals surface area contributed by atoms with E-state index >= 15 is 0 Å². The fourth-order valence-corrected chi connectivity index (χ4v) is 3.77. The molecule has 1 aromatic heterocycles. The van der Waals surface area contributed by atoms with Gasteiger partial charge < -0.3 is 0 Å². The van der Waals surface area contributed by atoms with Gasteiger partial charge in [-0.15, -0.1) is 26.7 Å². The summed E-state index contributed by atoms with van der Waals surface area (Å²) >= 11 is 1.43. The van der Waals surface area contributed by atoms with Gasteiger partial charge in [-0.3, -0.25) is 4.99 Å². The lowest BCUT2D eigenvalue weighted by molar-refractivity contribution is 1.19. The molecule has 0 radical (unpaired) electrons. The van der Waals surface area contributed by atoms with E-state index in [0.29, 0.717) is 22.1 Å². The minimum atomic E-state index is 0.616. The monoisotopic (exact) mass is 471 g/mol. The number of hydrogen-bond donors (Lipinski definition) is 0. The molecular formula is C27H17N7S. The normalized spacial score (nSPS) is 11.6. The molecule has 0 aliphatic heterocycles. The minimum absolute atomic E-state index is 0.616. The summed E-state index contributed by atoms with van der Waals surface area (Å²) in [7, 11) is 0. The molecule has 166 valence electrons. The van der Waals surface area contributed by atoms with Crippen LogP contribution in [0.5, 0.6) is 0 Å². The van der Waals surface area contributed by atoms with Crippen molar-refractivity contribution < 1.29 is 0 Å². The summed E-state index contributed by atoms with van der Waals surface area (Å²) in [6.07, 6.45) is 3.48. The highest BCUT2D eigenvalue weighted by Crippen LogP contribution is 2.34. The highest BCUT2D eigenvalue weighted by Gasteiger charge is 2.05. The summed E-state index contributed by atoms with van der Waals surface area (Å²) < 4.78 is 0. The van der Waals surface area contributed by atoms with E-state index in [1.54, 1.807) is 24.5 Å². The average molecular weight is 472 g/mol. The quantitative estimate of drug-likeness (QED) is 0.183. The minimum Gasteiger partial charge on any atom is -0.256 e. The van der Waals surface area contributed by atoms with Crippen LogP contribution in [0.15, 0.2) is 122 Å². The van der Waals surface area contributed by atoms with E-state index in [9.17, 15) is 0 Å². The topological polar surface area (TPSA) is 98.5 Å². The summed E-state index contributed by atoms with van der Waals surface area (Å²) in [5.41, 5.74) is 4.56. The number of rotatable bonds is 6. The summed E-state index contributed by atoms with van der Waals surface area (Å²) in [5.74, 6) is 0. The third kappa shape index (κ3) is 5.38. The maximum Gasteiger partial charge on any atom is 0.229 e. The Bertz CT molecular complexity index is 1580. The Hall–Kier alpha value is -4.87. The second-order valence-corrected chi connectivity index (χ2v) is 8.25. The molecule has 0 aliphatic rings. The van der Waals surface area contributed by atoms with Gasteiger partial charge in [0.2, 0.25) is 5.13 Å². The molecule has 0 unspecified atom stereocenters. The van der Waals surface area contributed by atoms with Gasteiger partial charge in [0.15, 0.2) is 0 Å². The van der Waals surface area contributed by atoms with Crippen molar-refractivity contribution in [2.24, 2.45) is 25.4 Å². The maximum atomic E-state index is 8.95. The van der Waals surface area contributed by atoms with Crippen LogP contribution in [0.2, 0.25) is 0 Å². The summed E-state index contributed by atoms with van der Waals surface area (Å²) in [4.78, 5) is 8.74. The van der Waals surface area contributed by atoms with Crippen LogP contribution in [-0.4, -0.2) is 11.2 Å². The first-order valence-electron chi connectivity index (χ1n) is 10.7. The van der Waals surface area contributed by atoms with Crippen LogP contribution < -0.4 is 0 Å². The van der Waals surface area contributed by atoms with E-state index in [4.69, 9.17) is 5.26 Å². The van der Waals surface area contributed by atoms with Gasteiger partial charge in [-0.2, -0.15) is 10.4 Å². The third-order valence-corrected chi connectivity index (χ3v) is 5.72. The van der Waals surface area contributed by atoms with Crippen LogP contribution in [0.25, 0.3) is 10.8 Å². The van der Waals surface area contributed by atoms with Crippen molar-refractivity contribution in [3.8, 4) is 6.07 Å². The van der Waals surface area contributed by atoms with Crippen molar-refractivity contribution in [1.29, 1.82) is 5.26 Å². The first kappa shape index (κ1) is 21.9. The Labute approximate surface area is 205 Å². The maximum absolute atomic E-state index is 8.95. The lowest BCUT2D eigenvalue weighted by Crippen LogP contribution is -1.82. The van der Waals surface area contributed by atoms with E-state index < -0.39 is 0 Å². The fraction of sp³-hybridized carbons (Fsp3) is 0. The van der Waals surface area contributed by atoms with Gasteiger partial charge >= 0.3 is 0 Å². The number of aliphatic imine (C=N–C) groups is 1. The van der Waals surface area contributed by atoms with E-state index in [0.717, 1.165) is 27.7 Å². The number of benzene rings is 4. The van der Waals surface area contributed by atoms with Crippen LogP contribution in [0.1, 0.15) is 11.1 Å². The Morgan fingerprint density at radius 3 is 2.03 bits per heavy atom. The van der Waals surface area contributed by atoms with E-state index in [1.165, 1.54) is 11.3 Å². The number of thiazole rings is 1. The number of aromatic nitrogens is 1. The van der Waals surface area contributed by atoms with Crippen molar-refractivity contribution in [3.63, 3.8) is 0 Å². The smallest absolute Gasteiger partial charge is 0.229 e. The first-order valence-corrected chi connectivity index (χ1v) is 11.6. The van der Waals surface area contributed by atoms with Crippen LogP contribution in [0, 0.1) is 11.3 Å². The van der Waals surface area contributed by atoms with Crippen LogP contribution >= 0.6 is 11.3 Å². The Morgan fingerprint density at radius 2 is 1.37 bits per heavy atom. The lowest BCUT2D eigenvalue weighted by Gasteiger charge is -2.05. The fourth-order valence-electron chi connectivity index (χ4n) is 3.32. The molecule has 0 bridgehead atoms. The van der Waals surface area contributed by atoms with E-state index in [-0.39, 0.29) is 0 Å². The molecule has 0 fully saturated rings. The van der Waals surface area contributed by atoms with Gasteiger partial charge in [0.1, 0.15) is 0 Å². The second-order valence-electron chi connectivity index (χ2n) is 7.37. The molecule has 0 saturated carbocycles. The molecule has 7 nitrogen and oxygen atoms in total. The van der Waals surface area contributed by atoms with E-state index in [2.05, 4.69) is 36.5 Å². The number of fused-ring (bicyclic) bond motifs is 1. The zero-order chi connectivity index (χ0) is 23.9. The average Bonchev–Trinajstić information content (AvgIpc) is 3.44. The molecule has 0 aliphatic carbocycles. The Balaban J connectivity index is 1.36. The van der Waals surface area contributed by atoms with Crippen molar-refractivity contribution in [3.05, 3.63) is 108 Å². The zero-order valence-electron chi connectivity index (χ0n) is 18.4. The number of hydrogen-bond acceptors (Lipinski definition) is 8. The van der Waals surface area contributed by atoms with Gasteiger partial charge in [0.25, 0.3) is 0 Å². The van der Waals surface area contributed by atoms with Gasteiger partial charge in [0.05, 0.1) is 34.4 Å². The molecular weight excluding hydrogens is 454 g/mol. The van der Waals surface area contributed by atoms with Gasteiger partial charge in [-0.05, 0) is 54.1 Å². The van der Waals surface area contributed by atoms with Gasteiger partial charge in [-0.25, -0.2) is 4.98 Å². The van der Waals surface area contributed by atoms with Gasteiger partial charge in [-0.1, -0.05) is 36.4 Å². The zero-order valence-corrected chi connectivity index (χ0v) is 19.2. The lowest BCUT2D eigenvalue weighted by atomic mass is 10.1. The first-order chi connectivity index (χ1) is 17.3. The number of nitriles is 1. The molecule has 4 aromatic carbocycles. The standard InChI is InChI=1S/C27H17N7S/c28-17-19-5-7-20(8-6-19)18-30-25-13-14-26(24-4-2-1-3-23(24)25)33-31-21-9-11-22(12-10-21)32-34-27-29-15-16-35-27/h1-16,18H. The molecule has 0 spiro atoms. The summed E-state index contributed by atoms with van der Waals surface area (Å²) in [6.45, 7) is 0. The van der Waals surface area contributed by atoms with Gasteiger partial charge in [0, 0.05) is 28.6 Å². The molecule has 0 saturated heterocycles. The predicted octanol–water partition coefficient (Wildman–Crippen LogP) is 8.75. The molecule has 5 aromatic rings. The van der Waals surface area contributed by atoms with Crippen LogP contribution in [-0.2, 0) is 0 Å². The largest absolute Gasteiger partial charge is 0.256 e. The third-order valence-electron chi connectivity index (χ3n) is 5.06. The molecule has 5 rings (SSSR count). The molecule has 1 heterocycles. The highest BCUT2D eigenvalue weighted by atomic mass is 32.1. The molecule has 0 amide bonds. The summed E-state index contributed by atoms with van der Waals surface area (Å²) in [5, 5.41) is 30.5. The Kier molecular flexibility index (Phi) is 6.51. The van der Waals surface area contributed by atoms with Crippen molar-refractivity contribution in [2.45, 2.75) is 0 Å².